The van der Waals surface area contributed by atoms with Crippen LogP contribution in [0.1, 0.15) is 21.5 Å². The first-order valence-electron chi connectivity index (χ1n) is 5.72. The Morgan fingerprint density at radius 1 is 1.21 bits per heavy atom. The molecule has 0 fully saturated rings. The van der Waals surface area contributed by atoms with Crippen LogP contribution in [0.25, 0.3) is 0 Å². The molecule has 0 aliphatic heterocycles. The van der Waals surface area contributed by atoms with Gasteiger partial charge in [-0.25, -0.2) is 0 Å². The molecule has 0 saturated heterocycles. The van der Waals surface area contributed by atoms with E-state index < -0.39 is 0 Å². The Balaban J connectivity index is 2.27. The van der Waals surface area contributed by atoms with Gasteiger partial charge in [-0.05, 0) is 42.8 Å². The largest absolute Gasteiger partial charge is 0.321 e. The summed E-state index contributed by atoms with van der Waals surface area (Å²) in [7, 11) is 0. The fraction of sp³-hybridized carbons (Fsp3) is 0.0667. The Bertz CT molecular complexity index is 657. The quantitative estimate of drug-likeness (QED) is 0.820. The zero-order chi connectivity index (χ0) is 13.8. The number of nitrogens with zero attached hydrogens (tertiary/aromatic N) is 1. The van der Waals surface area contributed by atoms with Crippen molar-refractivity contribution in [2.45, 2.75) is 11.8 Å². The van der Waals surface area contributed by atoms with E-state index in [0.29, 0.717) is 16.8 Å². The highest BCUT2D eigenvalue weighted by atomic mass is 32.1. The molecule has 0 unspecified atom stereocenters. The SMILES string of the molecule is Cc1cccc(NC(=O)c2ccc(S)cc2)c1C#N. The van der Waals surface area contributed by atoms with E-state index >= 15 is 0 Å². The third-order valence-corrected chi connectivity index (χ3v) is 3.06. The van der Waals surface area contributed by atoms with Gasteiger partial charge in [0.1, 0.15) is 6.07 Å². The van der Waals surface area contributed by atoms with E-state index in [9.17, 15) is 4.79 Å². The van der Waals surface area contributed by atoms with Crippen molar-refractivity contribution in [1.82, 2.24) is 0 Å². The van der Waals surface area contributed by atoms with Gasteiger partial charge in [-0.1, -0.05) is 12.1 Å². The number of nitriles is 1. The van der Waals surface area contributed by atoms with Gasteiger partial charge in [0.15, 0.2) is 0 Å². The van der Waals surface area contributed by atoms with Crippen molar-refractivity contribution in [2.75, 3.05) is 5.32 Å². The molecule has 0 radical (unpaired) electrons. The second kappa shape index (κ2) is 5.59. The molecule has 0 heterocycles. The van der Waals surface area contributed by atoms with Crippen molar-refractivity contribution in [3.05, 3.63) is 59.2 Å². The molecule has 0 aliphatic rings. The summed E-state index contributed by atoms with van der Waals surface area (Å²) in [5.41, 5.74) is 2.39. The first-order chi connectivity index (χ1) is 9.11. The number of rotatable bonds is 2. The van der Waals surface area contributed by atoms with E-state index in [1.165, 1.54) is 0 Å². The maximum absolute atomic E-state index is 12.1. The number of aryl methyl sites for hydroxylation is 1. The highest BCUT2D eigenvalue weighted by Crippen LogP contribution is 2.19. The molecule has 0 aliphatic carbocycles. The first kappa shape index (κ1) is 13.2. The maximum Gasteiger partial charge on any atom is 0.255 e. The standard InChI is InChI=1S/C15H12N2OS/c1-10-3-2-4-14(13(10)9-16)17-15(18)11-5-7-12(19)8-6-11/h2-8,19H,1H3,(H,17,18). The second-order valence-electron chi connectivity index (χ2n) is 4.11. The van der Waals surface area contributed by atoms with Crippen molar-refractivity contribution in [3.63, 3.8) is 0 Å². The monoisotopic (exact) mass is 268 g/mol. The molecule has 1 N–H and O–H groups in total. The van der Waals surface area contributed by atoms with Gasteiger partial charge in [-0.2, -0.15) is 5.26 Å². The van der Waals surface area contributed by atoms with E-state index in [1.54, 1.807) is 30.3 Å². The predicted molar refractivity (Wildman–Crippen MR) is 77.5 cm³/mol. The van der Waals surface area contributed by atoms with Crippen molar-refractivity contribution in [1.29, 1.82) is 5.26 Å². The molecule has 4 heteroatoms. The Kier molecular flexibility index (Phi) is 3.88. The lowest BCUT2D eigenvalue weighted by Crippen LogP contribution is -2.13. The fourth-order valence-electron chi connectivity index (χ4n) is 1.73. The maximum atomic E-state index is 12.1. The molecule has 1 amide bonds. The van der Waals surface area contributed by atoms with Gasteiger partial charge < -0.3 is 5.32 Å². The van der Waals surface area contributed by atoms with Crippen LogP contribution in [0, 0.1) is 18.3 Å². The van der Waals surface area contributed by atoms with Crippen molar-refractivity contribution in [3.8, 4) is 6.07 Å². The molecule has 0 aromatic heterocycles. The average Bonchev–Trinajstić information content (AvgIpc) is 2.39. The summed E-state index contributed by atoms with van der Waals surface area (Å²) in [4.78, 5) is 12.9. The molecule has 0 saturated carbocycles. The number of carbonyl (C=O) groups excluding carboxylic acids is 1. The van der Waals surface area contributed by atoms with Crippen LogP contribution < -0.4 is 5.32 Å². The number of anilines is 1. The lowest BCUT2D eigenvalue weighted by atomic mass is 10.1. The van der Waals surface area contributed by atoms with Crippen LogP contribution >= 0.6 is 12.6 Å². The van der Waals surface area contributed by atoms with E-state index in [2.05, 4.69) is 24.0 Å². The summed E-state index contributed by atoms with van der Waals surface area (Å²) in [5, 5.41) is 11.9. The zero-order valence-electron chi connectivity index (χ0n) is 10.3. The van der Waals surface area contributed by atoms with Crippen LogP contribution in [0.5, 0.6) is 0 Å². The van der Waals surface area contributed by atoms with Gasteiger partial charge >= 0.3 is 0 Å². The molecule has 94 valence electrons. The van der Waals surface area contributed by atoms with Crippen LogP contribution in [0.4, 0.5) is 5.69 Å². The molecule has 3 nitrogen and oxygen atoms in total. The zero-order valence-corrected chi connectivity index (χ0v) is 11.2. The van der Waals surface area contributed by atoms with Crippen molar-refractivity contribution in [2.24, 2.45) is 0 Å². The van der Waals surface area contributed by atoms with Gasteiger partial charge in [0, 0.05) is 10.5 Å². The highest BCUT2D eigenvalue weighted by Gasteiger charge is 2.10. The molecule has 19 heavy (non-hydrogen) atoms. The average molecular weight is 268 g/mol. The summed E-state index contributed by atoms with van der Waals surface area (Å²) in [6, 6.07) is 14.4. The second-order valence-corrected chi connectivity index (χ2v) is 4.63. The molecule has 2 aromatic carbocycles. The van der Waals surface area contributed by atoms with Crippen LogP contribution in [0.2, 0.25) is 0 Å². The van der Waals surface area contributed by atoms with Crippen LogP contribution in [0.3, 0.4) is 0 Å². The van der Waals surface area contributed by atoms with Crippen molar-refractivity contribution >= 4 is 24.2 Å². The van der Waals surface area contributed by atoms with Gasteiger partial charge in [0.25, 0.3) is 5.91 Å². The van der Waals surface area contributed by atoms with Gasteiger partial charge in [-0.15, -0.1) is 12.6 Å². The summed E-state index contributed by atoms with van der Waals surface area (Å²) < 4.78 is 0. The van der Waals surface area contributed by atoms with E-state index in [1.807, 2.05) is 19.1 Å². The number of amides is 1. The third kappa shape index (κ3) is 2.95. The molecule has 2 rings (SSSR count). The number of carbonyl (C=O) groups is 1. The summed E-state index contributed by atoms with van der Waals surface area (Å²) >= 11 is 4.17. The summed E-state index contributed by atoms with van der Waals surface area (Å²) in [6.45, 7) is 1.84. The Labute approximate surface area is 117 Å². The summed E-state index contributed by atoms with van der Waals surface area (Å²) in [6.07, 6.45) is 0. The fourth-order valence-corrected chi connectivity index (χ4v) is 1.88. The highest BCUT2D eigenvalue weighted by molar-refractivity contribution is 7.80. The van der Waals surface area contributed by atoms with Crippen LogP contribution in [0.15, 0.2) is 47.4 Å². The smallest absolute Gasteiger partial charge is 0.255 e. The number of benzene rings is 2. The molecular formula is C15H12N2OS. The lowest BCUT2D eigenvalue weighted by Gasteiger charge is -2.08. The first-order valence-corrected chi connectivity index (χ1v) is 6.16. The van der Waals surface area contributed by atoms with E-state index in [-0.39, 0.29) is 5.91 Å². The summed E-state index contributed by atoms with van der Waals surface area (Å²) in [5.74, 6) is -0.240. The Morgan fingerprint density at radius 2 is 1.89 bits per heavy atom. The number of thiol groups is 1. The molecule has 0 atom stereocenters. The van der Waals surface area contributed by atoms with Gasteiger partial charge in [0.05, 0.1) is 11.3 Å². The molecular weight excluding hydrogens is 256 g/mol. The number of hydrogen-bond acceptors (Lipinski definition) is 3. The third-order valence-electron chi connectivity index (χ3n) is 2.76. The minimum atomic E-state index is -0.240. The topological polar surface area (TPSA) is 52.9 Å². The molecule has 0 bridgehead atoms. The minimum absolute atomic E-state index is 0.240. The lowest BCUT2D eigenvalue weighted by molar-refractivity contribution is 0.102. The molecule has 0 spiro atoms. The van der Waals surface area contributed by atoms with Crippen LogP contribution in [-0.4, -0.2) is 5.91 Å². The minimum Gasteiger partial charge on any atom is -0.321 e. The van der Waals surface area contributed by atoms with E-state index in [4.69, 9.17) is 5.26 Å². The molecule has 2 aromatic rings. The normalized spacial score (nSPS) is 9.74. The number of hydrogen-bond donors (Lipinski definition) is 2. The van der Waals surface area contributed by atoms with Crippen molar-refractivity contribution < 1.29 is 4.79 Å². The van der Waals surface area contributed by atoms with E-state index in [0.717, 1.165) is 10.5 Å². The Hall–Kier alpha value is -2.25. The predicted octanol–water partition coefficient (Wildman–Crippen LogP) is 3.41. The van der Waals surface area contributed by atoms with Gasteiger partial charge in [-0.3, -0.25) is 4.79 Å². The van der Waals surface area contributed by atoms with Crippen LogP contribution in [-0.2, 0) is 0 Å². The Morgan fingerprint density at radius 3 is 2.53 bits per heavy atom. The number of nitrogens with one attached hydrogen (secondary N) is 1. The van der Waals surface area contributed by atoms with Gasteiger partial charge in [0.2, 0.25) is 0 Å².